The van der Waals surface area contributed by atoms with Crippen LogP contribution in [0, 0.1) is 11.3 Å². The van der Waals surface area contributed by atoms with E-state index in [0.717, 1.165) is 6.20 Å². The summed E-state index contributed by atoms with van der Waals surface area (Å²) in [6.07, 6.45) is -2.27. The number of ketones is 1. The lowest BCUT2D eigenvalue weighted by atomic mass is 10.1. The second kappa shape index (κ2) is 4.37. The molecule has 18 heavy (non-hydrogen) atoms. The fourth-order valence-corrected chi connectivity index (χ4v) is 1.59. The number of nitrogens with zero attached hydrogens (tertiary/aromatic N) is 1. The van der Waals surface area contributed by atoms with Gasteiger partial charge in [0.1, 0.15) is 0 Å². The van der Waals surface area contributed by atoms with Crippen molar-refractivity contribution in [2.75, 3.05) is 0 Å². The predicted octanol–water partition coefficient (Wildman–Crippen LogP) is 1.85. The molecule has 0 saturated heterocycles. The second-order valence-corrected chi connectivity index (χ2v) is 3.57. The first-order chi connectivity index (χ1) is 8.54. The lowest BCUT2D eigenvalue weighted by Crippen LogP contribution is -2.21. The maximum Gasteiger partial charge on any atom is 0.300 e. The molecule has 0 atom stereocenters. The number of Topliss-reactive ketones (excluding diaryl/α,β-unsaturated/α-hetero) is 1. The highest BCUT2D eigenvalue weighted by Gasteiger charge is 2.21. The number of pyridine rings is 1. The number of hydrogen-bond acceptors (Lipinski definition) is 3. The number of carbonyl (C=O) groups excluding carboxylic acids is 1. The number of H-pyrrole nitrogens is 1. The van der Waals surface area contributed by atoms with Crippen LogP contribution in [0.5, 0.6) is 0 Å². The maximum atomic E-state index is 12.3. The van der Waals surface area contributed by atoms with E-state index < -0.39 is 23.2 Å². The lowest BCUT2D eigenvalue weighted by molar-refractivity contribution is 0.0677. The first-order valence-electron chi connectivity index (χ1n) is 4.92. The molecule has 90 valence electrons. The maximum absolute atomic E-state index is 12.3. The molecule has 0 unspecified atom stereocenters. The van der Waals surface area contributed by atoms with Gasteiger partial charge in [0.2, 0.25) is 5.78 Å². The van der Waals surface area contributed by atoms with Gasteiger partial charge in [-0.3, -0.25) is 9.59 Å². The van der Waals surface area contributed by atoms with Crippen LogP contribution < -0.4 is 5.43 Å². The molecule has 0 radical (unpaired) electrons. The summed E-state index contributed by atoms with van der Waals surface area (Å²) in [6.45, 7) is 0. The number of alkyl halides is 2. The number of carbonyl (C=O) groups is 1. The summed E-state index contributed by atoms with van der Waals surface area (Å²) >= 11 is 0. The topological polar surface area (TPSA) is 73.7 Å². The summed E-state index contributed by atoms with van der Waals surface area (Å²) in [5.74, 6) is -1.53. The van der Waals surface area contributed by atoms with Gasteiger partial charge < -0.3 is 4.98 Å². The van der Waals surface area contributed by atoms with E-state index in [4.69, 9.17) is 5.26 Å². The number of hydrogen-bond donors (Lipinski definition) is 1. The molecule has 4 nitrogen and oxygen atoms in total. The molecule has 0 spiro atoms. The standard InChI is InChI=1S/C12H6F2N2O2/c13-12(14)11(18)8-5-16-9-2-1-6(4-15)3-7(9)10(8)17/h1-3,5,12H,(H,16,17). The molecule has 0 bridgehead atoms. The highest BCUT2D eigenvalue weighted by atomic mass is 19.3. The van der Waals surface area contributed by atoms with Gasteiger partial charge in [0.05, 0.1) is 17.2 Å². The summed E-state index contributed by atoms with van der Waals surface area (Å²) in [5, 5.41) is 8.75. The number of fused-ring (bicyclic) bond motifs is 1. The van der Waals surface area contributed by atoms with Crippen LogP contribution in [0.25, 0.3) is 10.9 Å². The van der Waals surface area contributed by atoms with Gasteiger partial charge >= 0.3 is 6.43 Å². The molecule has 1 aromatic heterocycles. The van der Waals surface area contributed by atoms with Gasteiger partial charge in [-0.25, -0.2) is 8.78 Å². The van der Waals surface area contributed by atoms with E-state index in [0.29, 0.717) is 5.52 Å². The minimum atomic E-state index is -3.23. The Morgan fingerprint density at radius 3 is 2.72 bits per heavy atom. The Bertz CT molecular complexity index is 729. The van der Waals surface area contributed by atoms with Crippen molar-refractivity contribution < 1.29 is 13.6 Å². The average molecular weight is 248 g/mol. The smallest absolute Gasteiger partial charge is 0.300 e. The van der Waals surface area contributed by atoms with Crippen molar-refractivity contribution in [2.24, 2.45) is 0 Å². The average Bonchev–Trinajstić information content (AvgIpc) is 2.38. The SMILES string of the molecule is N#Cc1ccc2[nH]cc(C(=O)C(F)F)c(=O)c2c1. The van der Waals surface area contributed by atoms with Crippen molar-refractivity contribution in [1.82, 2.24) is 4.98 Å². The van der Waals surface area contributed by atoms with Gasteiger partial charge in [-0.15, -0.1) is 0 Å². The first-order valence-corrected chi connectivity index (χ1v) is 4.92. The molecule has 1 heterocycles. The number of nitrogens with one attached hydrogen (secondary N) is 1. The summed E-state index contributed by atoms with van der Waals surface area (Å²) < 4.78 is 24.6. The molecule has 0 amide bonds. The van der Waals surface area contributed by atoms with Crippen molar-refractivity contribution in [2.45, 2.75) is 6.43 Å². The minimum absolute atomic E-state index is 0.0422. The van der Waals surface area contributed by atoms with Crippen LogP contribution in [0.15, 0.2) is 29.2 Å². The Morgan fingerprint density at radius 2 is 2.11 bits per heavy atom. The van der Waals surface area contributed by atoms with E-state index in [1.54, 1.807) is 0 Å². The van der Waals surface area contributed by atoms with Crippen LogP contribution in [-0.2, 0) is 0 Å². The molecule has 6 heteroatoms. The number of aromatic nitrogens is 1. The van der Waals surface area contributed by atoms with Crippen molar-refractivity contribution in [1.29, 1.82) is 5.26 Å². The Kier molecular flexibility index (Phi) is 2.90. The number of nitriles is 1. The highest BCUT2D eigenvalue weighted by molar-refractivity contribution is 6.00. The third-order valence-corrected chi connectivity index (χ3v) is 2.47. The van der Waals surface area contributed by atoms with Crippen LogP contribution in [0.1, 0.15) is 15.9 Å². The van der Waals surface area contributed by atoms with Gasteiger partial charge in [-0.2, -0.15) is 5.26 Å². The number of halogens is 2. The molecular weight excluding hydrogens is 242 g/mol. The molecule has 2 rings (SSSR count). The van der Waals surface area contributed by atoms with Gasteiger partial charge in [-0.1, -0.05) is 0 Å². The molecule has 2 aromatic rings. The van der Waals surface area contributed by atoms with Gasteiger partial charge in [0.25, 0.3) is 0 Å². The third-order valence-electron chi connectivity index (χ3n) is 2.47. The number of benzene rings is 1. The van der Waals surface area contributed by atoms with E-state index in [1.165, 1.54) is 18.2 Å². The van der Waals surface area contributed by atoms with Crippen molar-refractivity contribution in [3.63, 3.8) is 0 Å². The third kappa shape index (κ3) is 1.86. The molecular formula is C12H6F2N2O2. The van der Waals surface area contributed by atoms with Crippen LogP contribution in [0.2, 0.25) is 0 Å². The van der Waals surface area contributed by atoms with E-state index >= 15 is 0 Å². The number of aromatic amines is 1. The number of rotatable bonds is 2. The van der Waals surface area contributed by atoms with Crippen molar-refractivity contribution in [3.8, 4) is 6.07 Å². The summed E-state index contributed by atoms with van der Waals surface area (Å²) in [5.41, 5.74) is -0.807. The summed E-state index contributed by atoms with van der Waals surface area (Å²) in [6, 6.07) is 6.05. The van der Waals surface area contributed by atoms with E-state index in [1.807, 2.05) is 6.07 Å². The van der Waals surface area contributed by atoms with Crippen LogP contribution >= 0.6 is 0 Å². The zero-order valence-corrected chi connectivity index (χ0v) is 8.91. The monoisotopic (exact) mass is 248 g/mol. The molecule has 0 saturated carbocycles. The Balaban J connectivity index is 2.74. The second-order valence-electron chi connectivity index (χ2n) is 3.57. The van der Waals surface area contributed by atoms with Crippen LogP contribution in [-0.4, -0.2) is 17.2 Å². The molecule has 0 aliphatic rings. The fourth-order valence-electron chi connectivity index (χ4n) is 1.59. The summed E-state index contributed by atoms with van der Waals surface area (Å²) in [7, 11) is 0. The fraction of sp³-hybridized carbons (Fsp3) is 0.0833. The van der Waals surface area contributed by atoms with Crippen LogP contribution in [0.3, 0.4) is 0 Å². The molecule has 0 fully saturated rings. The summed E-state index contributed by atoms with van der Waals surface area (Å²) in [4.78, 5) is 25.6. The highest BCUT2D eigenvalue weighted by Crippen LogP contribution is 2.12. The lowest BCUT2D eigenvalue weighted by Gasteiger charge is -2.02. The van der Waals surface area contributed by atoms with Gasteiger partial charge in [0, 0.05) is 17.1 Å². The Morgan fingerprint density at radius 1 is 1.39 bits per heavy atom. The normalized spacial score (nSPS) is 10.6. The van der Waals surface area contributed by atoms with E-state index in [2.05, 4.69) is 4.98 Å². The predicted molar refractivity (Wildman–Crippen MR) is 59.6 cm³/mol. The van der Waals surface area contributed by atoms with Gasteiger partial charge in [-0.05, 0) is 18.2 Å². The molecule has 0 aliphatic carbocycles. The molecule has 1 N–H and O–H groups in total. The molecule has 0 aliphatic heterocycles. The van der Waals surface area contributed by atoms with Gasteiger partial charge in [0.15, 0.2) is 5.43 Å². The quantitative estimate of drug-likeness (QED) is 0.824. The van der Waals surface area contributed by atoms with E-state index in [-0.39, 0.29) is 10.9 Å². The van der Waals surface area contributed by atoms with Crippen LogP contribution in [0.4, 0.5) is 8.78 Å². The van der Waals surface area contributed by atoms with Crippen molar-refractivity contribution in [3.05, 3.63) is 45.7 Å². The van der Waals surface area contributed by atoms with Crippen molar-refractivity contribution >= 4 is 16.7 Å². The largest absolute Gasteiger partial charge is 0.360 e. The molecule has 1 aromatic carbocycles. The zero-order chi connectivity index (χ0) is 13.3. The minimum Gasteiger partial charge on any atom is -0.360 e. The van der Waals surface area contributed by atoms with E-state index in [9.17, 15) is 18.4 Å². The Hall–Kier alpha value is -2.55. The Labute approximate surface area is 99.5 Å². The zero-order valence-electron chi connectivity index (χ0n) is 8.91. The first kappa shape index (κ1) is 11.9.